The van der Waals surface area contributed by atoms with Gasteiger partial charge in [0.2, 0.25) is 0 Å². The van der Waals surface area contributed by atoms with Gasteiger partial charge in [0.15, 0.2) is 0 Å². The third-order valence-electron chi connectivity index (χ3n) is 5.75. The van der Waals surface area contributed by atoms with E-state index in [1.165, 1.54) is 11.1 Å². The van der Waals surface area contributed by atoms with Gasteiger partial charge in [0.25, 0.3) is 0 Å². The van der Waals surface area contributed by atoms with Crippen LogP contribution in [0.5, 0.6) is 0 Å². The van der Waals surface area contributed by atoms with Crippen LogP contribution in [0.25, 0.3) is 16.6 Å². The monoisotopic (exact) mass is 384 g/mol. The van der Waals surface area contributed by atoms with E-state index in [4.69, 9.17) is 0 Å². The molecule has 0 unspecified atom stereocenters. The summed E-state index contributed by atoms with van der Waals surface area (Å²) in [6.07, 6.45) is 5.79. The standard InChI is InChI=1S/C23H24N6/c1-27-13-14-28(15-18-9-11-24-12-10-18)17-22(27)23-21-8-7-20(16-29(21)26-25-23)19-5-3-2-4-6-19/h2-12,16,22H,13-15,17H2,1H3/t22-/m1/s1. The first kappa shape index (κ1) is 18.0. The molecule has 0 spiro atoms. The van der Waals surface area contributed by atoms with Crippen molar-refractivity contribution in [3.63, 3.8) is 0 Å². The second kappa shape index (κ2) is 7.73. The minimum absolute atomic E-state index is 0.227. The van der Waals surface area contributed by atoms with Crippen LogP contribution in [0.2, 0.25) is 0 Å². The average molecular weight is 384 g/mol. The van der Waals surface area contributed by atoms with Crippen LogP contribution in [0.15, 0.2) is 73.2 Å². The lowest BCUT2D eigenvalue weighted by atomic mass is 10.1. The molecule has 6 heteroatoms. The minimum atomic E-state index is 0.227. The first-order chi connectivity index (χ1) is 14.3. The Morgan fingerprint density at radius 3 is 2.59 bits per heavy atom. The highest BCUT2D eigenvalue weighted by atomic mass is 15.4. The molecule has 1 fully saturated rings. The van der Waals surface area contributed by atoms with Crippen LogP contribution < -0.4 is 0 Å². The molecule has 0 saturated carbocycles. The normalized spacial score (nSPS) is 18.3. The Morgan fingerprint density at radius 2 is 1.76 bits per heavy atom. The third kappa shape index (κ3) is 3.64. The first-order valence-electron chi connectivity index (χ1n) is 10.00. The number of pyridine rings is 2. The highest BCUT2D eigenvalue weighted by Gasteiger charge is 2.29. The molecule has 3 aromatic heterocycles. The SMILES string of the molecule is CN1CCN(Cc2ccncc2)C[C@@H]1c1nnn2cc(-c3ccccc3)ccc12. The highest BCUT2D eigenvalue weighted by molar-refractivity contribution is 5.66. The molecule has 29 heavy (non-hydrogen) atoms. The van der Waals surface area contributed by atoms with Gasteiger partial charge < -0.3 is 0 Å². The summed E-state index contributed by atoms with van der Waals surface area (Å²) in [7, 11) is 2.18. The molecule has 5 rings (SSSR count). The molecule has 0 aliphatic carbocycles. The van der Waals surface area contributed by atoms with E-state index in [2.05, 4.69) is 86.9 Å². The van der Waals surface area contributed by atoms with Gasteiger partial charge in [-0.2, -0.15) is 0 Å². The first-order valence-corrected chi connectivity index (χ1v) is 10.00. The van der Waals surface area contributed by atoms with Crippen molar-refractivity contribution in [1.29, 1.82) is 0 Å². The summed E-state index contributed by atoms with van der Waals surface area (Å²) in [4.78, 5) is 9.00. The largest absolute Gasteiger partial charge is 0.296 e. The molecule has 4 aromatic rings. The van der Waals surface area contributed by atoms with Crippen LogP contribution in [0.4, 0.5) is 0 Å². The lowest BCUT2D eigenvalue weighted by molar-refractivity contribution is 0.0889. The molecule has 1 saturated heterocycles. The summed E-state index contributed by atoms with van der Waals surface area (Å²) in [6.45, 7) is 3.93. The van der Waals surface area contributed by atoms with Crippen molar-refractivity contribution in [3.8, 4) is 11.1 Å². The molecule has 1 aliphatic heterocycles. The zero-order valence-corrected chi connectivity index (χ0v) is 16.5. The molecule has 0 amide bonds. The van der Waals surface area contributed by atoms with E-state index < -0.39 is 0 Å². The smallest absolute Gasteiger partial charge is 0.109 e. The quantitative estimate of drug-likeness (QED) is 0.540. The van der Waals surface area contributed by atoms with Gasteiger partial charge in [-0.1, -0.05) is 41.6 Å². The Balaban J connectivity index is 1.41. The van der Waals surface area contributed by atoms with E-state index in [0.717, 1.165) is 43.0 Å². The number of benzene rings is 1. The fourth-order valence-electron chi connectivity index (χ4n) is 4.07. The van der Waals surface area contributed by atoms with Gasteiger partial charge in [-0.15, -0.1) is 5.10 Å². The Hall–Kier alpha value is -3.09. The molecule has 0 N–H and O–H groups in total. The Bertz CT molecular complexity index is 1090. The minimum Gasteiger partial charge on any atom is -0.296 e. The van der Waals surface area contributed by atoms with Gasteiger partial charge in [0, 0.05) is 50.3 Å². The maximum absolute atomic E-state index is 4.58. The van der Waals surface area contributed by atoms with Crippen LogP contribution in [-0.4, -0.2) is 56.3 Å². The van der Waals surface area contributed by atoms with Crippen molar-refractivity contribution in [1.82, 2.24) is 29.6 Å². The predicted molar refractivity (Wildman–Crippen MR) is 113 cm³/mol. The Labute approximate surface area is 170 Å². The summed E-state index contributed by atoms with van der Waals surface area (Å²) < 4.78 is 1.91. The molecule has 0 radical (unpaired) electrons. The van der Waals surface area contributed by atoms with E-state index in [1.807, 2.05) is 23.0 Å². The fourth-order valence-corrected chi connectivity index (χ4v) is 4.07. The van der Waals surface area contributed by atoms with Gasteiger partial charge in [-0.3, -0.25) is 14.8 Å². The molecule has 146 valence electrons. The molecule has 6 nitrogen and oxygen atoms in total. The molecular formula is C23H24N6. The Morgan fingerprint density at radius 1 is 0.931 bits per heavy atom. The van der Waals surface area contributed by atoms with Crippen molar-refractivity contribution in [2.45, 2.75) is 12.6 Å². The molecular weight excluding hydrogens is 360 g/mol. The summed E-state index contributed by atoms with van der Waals surface area (Å²) in [5.74, 6) is 0. The predicted octanol–water partition coefficient (Wildman–Crippen LogP) is 3.28. The number of aromatic nitrogens is 4. The number of rotatable bonds is 4. The van der Waals surface area contributed by atoms with E-state index in [0.29, 0.717) is 0 Å². The van der Waals surface area contributed by atoms with Crippen LogP contribution in [0.1, 0.15) is 17.3 Å². The maximum Gasteiger partial charge on any atom is 0.109 e. The van der Waals surface area contributed by atoms with Crippen LogP contribution in [0, 0.1) is 0 Å². The number of hydrogen-bond acceptors (Lipinski definition) is 5. The molecule has 0 bridgehead atoms. The Kier molecular flexibility index (Phi) is 4.79. The zero-order valence-electron chi connectivity index (χ0n) is 16.5. The van der Waals surface area contributed by atoms with E-state index >= 15 is 0 Å². The van der Waals surface area contributed by atoms with E-state index in [-0.39, 0.29) is 6.04 Å². The van der Waals surface area contributed by atoms with Crippen molar-refractivity contribution in [3.05, 3.63) is 84.4 Å². The van der Waals surface area contributed by atoms with Gasteiger partial charge in [0.05, 0.1) is 11.6 Å². The summed E-state index contributed by atoms with van der Waals surface area (Å²) in [5, 5.41) is 9.02. The third-order valence-corrected chi connectivity index (χ3v) is 5.75. The number of likely N-dealkylation sites (N-methyl/N-ethyl adjacent to an activating group) is 1. The van der Waals surface area contributed by atoms with Crippen LogP contribution in [0.3, 0.4) is 0 Å². The zero-order chi connectivity index (χ0) is 19.6. The highest BCUT2D eigenvalue weighted by Crippen LogP contribution is 2.28. The van der Waals surface area contributed by atoms with E-state index in [1.54, 1.807) is 0 Å². The topological polar surface area (TPSA) is 49.6 Å². The second-order valence-electron chi connectivity index (χ2n) is 7.68. The van der Waals surface area contributed by atoms with Crippen LogP contribution in [-0.2, 0) is 6.54 Å². The molecule has 1 aliphatic rings. The van der Waals surface area contributed by atoms with Gasteiger partial charge >= 0.3 is 0 Å². The van der Waals surface area contributed by atoms with Gasteiger partial charge in [0.1, 0.15) is 5.69 Å². The maximum atomic E-state index is 4.58. The van der Waals surface area contributed by atoms with Gasteiger partial charge in [-0.05, 0) is 36.4 Å². The molecule has 1 aromatic carbocycles. The summed E-state index contributed by atoms with van der Waals surface area (Å²) in [5.41, 5.74) is 5.75. The van der Waals surface area contributed by atoms with Crippen molar-refractivity contribution < 1.29 is 0 Å². The van der Waals surface area contributed by atoms with E-state index in [9.17, 15) is 0 Å². The molecule has 1 atom stereocenters. The summed E-state index contributed by atoms with van der Waals surface area (Å²) >= 11 is 0. The fraction of sp³-hybridized carbons (Fsp3) is 0.261. The lowest BCUT2D eigenvalue weighted by Crippen LogP contribution is -2.46. The van der Waals surface area contributed by atoms with Crippen molar-refractivity contribution >= 4 is 5.52 Å². The number of piperazine rings is 1. The van der Waals surface area contributed by atoms with Crippen LogP contribution >= 0.6 is 0 Å². The number of nitrogens with zero attached hydrogens (tertiary/aromatic N) is 6. The number of hydrogen-bond donors (Lipinski definition) is 0. The number of fused-ring (bicyclic) bond motifs is 1. The molecule has 4 heterocycles. The van der Waals surface area contributed by atoms with Crippen molar-refractivity contribution in [2.24, 2.45) is 0 Å². The summed E-state index contributed by atoms with van der Waals surface area (Å²) in [6, 6.07) is 19.1. The van der Waals surface area contributed by atoms with Gasteiger partial charge in [-0.25, -0.2) is 4.52 Å². The average Bonchev–Trinajstić information content (AvgIpc) is 3.19. The van der Waals surface area contributed by atoms with Crippen molar-refractivity contribution in [2.75, 3.05) is 26.7 Å². The second-order valence-corrected chi connectivity index (χ2v) is 7.68. The lowest BCUT2D eigenvalue weighted by Gasteiger charge is -2.38.